The Morgan fingerprint density at radius 3 is 2.50 bits per heavy atom. The molecular weight excluding hydrogens is 148 g/mol. The van der Waals surface area contributed by atoms with Crippen LogP contribution in [0.5, 0.6) is 0 Å². The molecule has 0 radical (unpaired) electrons. The predicted octanol–water partition coefficient (Wildman–Crippen LogP) is 2.07. The zero-order valence-electron chi connectivity index (χ0n) is 7.84. The lowest BCUT2D eigenvalue weighted by Crippen LogP contribution is -2.30. The fraction of sp³-hybridized carbons (Fsp3) is 0.900. The molecule has 1 aliphatic carbocycles. The molecule has 68 valence electrons. The molecule has 2 heteroatoms. The second kappa shape index (κ2) is 5.16. The molecular formula is C10H18N2. The van der Waals surface area contributed by atoms with Crippen LogP contribution in [0.25, 0.3) is 0 Å². The van der Waals surface area contributed by atoms with Crippen LogP contribution < -0.4 is 5.32 Å². The van der Waals surface area contributed by atoms with Gasteiger partial charge in [0.2, 0.25) is 0 Å². The highest BCUT2D eigenvalue weighted by Crippen LogP contribution is 2.27. The number of nitrogens with zero attached hydrogens (tertiary/aromatic N) is 1. The number of hydrogen-bond acceptors (Lipinski definition) is 2. The minimum atomic E-state index is 0.739. The summed E-state index contributed by atoms with van der Waals surface area (Å²) < 4.78 is 0. The lowest BCUT2D eigenvalue weighted by Gasteiger charge is -2.27. The largest absolute Gasteiger partial charge is 0.317 e. The van der Waals surface area contributed by atoms with E-state index >= 15 is 0 Å². The molecule has 0 aromatic rings. The highest BCUT2D eigenvalue weighted by atomic mass is 14.9. The van der Waals surface area contributed by atoms with Crippen molar-refractivity contribution < 1.29 is 0 Å². The molecule has 0 bridgehead atoms. The second-order valence-corrected chi connectivity index (χ2v) is 3.70. The van der Waals surface area contributed by atoms with Crippen LogP contribution in [0.15, 0.2) is 0 Å². The van der Waals surface area contributed by atoms with E-state index in [-0.39, 0.29) is 0 Å². The molecule has 12 heavy (non-hydrogen) atoms. The number of nitrogens with one attached hydrogen (secondary N) is 1. The summed E-state index contributed by atoms with van der Waals surface area (Å²) in [5.74, 6) is 0.828. The van der Waals surface area contributed by atoms with Crippen LogP contribution in [-0.2, 0) is 0 Å². The predicted molar refractivity (Wildman–Crippen MR) is 49.7 cm³/mol. The summed E-state index contributed by atoms with van der Waals surface area (Å²) >= 11 is 0. The molecule has 0 spiro atoms. The molecule has 1 aliphatic rings. The summed E-state index contributed by atoms with van der Waals surface area (Å²) in [7, 11) is 2.04. The van der Waals surface area contributed by atoms with Gasteiger partial charge in [0.1, 0.15) is 0 Å². The molecule has 0 heterocycles. The Kier molecular flexibility index (Phi) is 4.10. The molecule has 1 fully saturated rings. The van der Waals surface area contributed by atoms with E-state index in [2.05, 4.69) is 11.4 Å². The topological polar surface area (TPSA) is 35.8 Å². The van der Waals surface area contributed by atoms with Crippen LogP contribution in [0.1, 0.15) is 38.5 Å². The number of rotatable bonds is 3. The molecule has 0 aliphatic heterocycles. The standard InChI is InChI=1S/C10H18N2/c1-12-10-6-4-9(5-7-10)3-2-8-11/h9-10,12H,2-7H2,1H3. The van der Waals surface area contributed by atoms with E-state index in [0.717, 1.165) is 24.8 Å². The highest BCUT2D eigenvalue weighted by molar-refractivity contribution is 4.79. The van der Waals surface area contributed by atoms with Gasteiger partial charge in [-0.15, -0.1) is 0 Å². The van der Waals surface area contributed by atoms with Gasteiger partial charge >= 0.3 is 0 Å². The minimum Gasteiger partial charge on any atom is -0.317 e. The summed E-state index contributed by atoms with van der Waals surface area (Å²) in [5.41, 5.74) is 0. The molecule has 0 saturated heterocycles. The third-order valence-corrected chi connectivity index (χ3v) is 2.92. The van der Waals surface area contributed by atoms with Crippen molar-refractivity contribution in [2.75, 3.05) is 7.05 Å². The molecule has 0 aromatic carbocycles. The van der Waals surface area contributed by atoms with Crippen molar-refractivity contribution in [1.29, 1.82) is 5.26 Å². The first-order valence-electron chi connectivity index (χ1n) is 4.91. The molecule has 0 aromatic heterocycles. The molecule has 0 atom stereocenters. The average molecular weight is 166 g/mol. The maximum Gasteiger partial charge on any atom is 0.0621 e. The van der Waals surface area contributed by atoms with Gasteiger partial charge < -0.3 is 5.32 Å². The lowest BCUT2D eigenvalue weighted by molar-refractivity contribution is 0.291. The summed E-state index contributed by atoms with van der Waals surface area (Å²) in [6.07, 6.45) is 7.08. The fourth-order valence-corrected chi connectivity index (χ4v) is 2.01. The first kappa shape index (κ1) is 9.54. The SMILES string of the molecule is CNC1CCC(CCC#N)CC1. The van der Waals surface area contributed by atoms with E-state index in [9.17, 15) is 0 Å². The Morgan fingerprint density at radius 2 is 2.00 bits per heavy atom. The van der Waals surface area contributed by atoms with Gasteiger partial charge in [0.05, 0.1) is 6.07 Å². The Morgan fingerprint density at radius 1 is 1.33 bits per heavy atom. The van der Waals surface area contributed by atoms with Gasteiger partial charge in [0.25, 0.3) is 0 Å². The third-order valence-electron chi connectivity index (χ3n) is 2.92. The zero-order valence-corrected chi connectivity index (χ0v) is 7.84. The first-order valence-corrected chi connectivity index (χ1v) is 4.91. The van der Waals surface area contributed by atoms with Crippen LogP contribution in [0.4, 0.5) is 0 Å². The summed E-state index contributed by atoms with van der Waals surface area (Å²) in [5, 5.41) is 11.7. The Bertz CT molecular complexity index is 152. The van der Waals surface area contributed by atoms with Gasteiger partial charge in [-0.2, -0.15) is 5.26 Å². The average Bonchev–Trinajstić information content (AvgIpc) is 2.15. The monoisotopic (exact) mass is 166 g/mol. The van der Waals surface area contributed by atoms with E-state index in [4.69, 9.17) is 5.26 Å². The van der Waals surface area contributed by atoms with Crippen molar-refractivity contribution in [2.24, 2.45) is 5.92 Å². The van der Waals surface area contributed by atoms with Crippen molar-refractivity contribution >= 4 is 0 Å². The van der Waals surface area contributed by atoms with Crippen molar-refractivity contribution in [3.05, 3.63) is 0 Å². The van der Waals surface area contributed by atoms with E-state index in [1.54, 1.807) is 0 Å². The summed E-state index contributed by atoms with van der Waals surface area (Å²) in [4.78, 5) is 0. The van der Waals surface area contributed by atoms with E-state index < -0.39 is 0 Å². The van der Waals surface area contributed by atoms with Crippen molar-refractivity contribution in [2.45, 2.75) is 44.6 Å². The normalized spacial score (nSPS) is 29.7. The molecule has 2 nitrogen and oxygen atoms in total. The molecule has 1 N–H and O–H groups in total. The van der Waals surface area contributed by atoms with Gasteiger partial charge in [-0.05, 0) is 45.1 Å². The zero-order chi connectivity index (χ0) is 8.81. The van der Waals surface area contributed by atoms with Gasteiger partial charge in [0, 0.05) is 12.5 Å². The van der Waals surface area contributed by atoms with E-state index in [1.807, 2.05) is 7.05 Å². The van der Waals surface area contributed by atoms with Crippen molar-refractivity contribution in [3.8, 4) is 6.07 Å². The number of hydrogen-bond donors (Lipinski definition) is 1. The van der Waals surface area contributed by atoms with Crippen LogP contribution in [0.3, 0.4) is 0 Å². The fourth-order valence-electron chi connectivity index (χ4n) is 2.01. The van der Waals surface area contributed by atoms with E-state index in [1.165, 1.54) is 25.7 Å². The molecule has 1 rings (SSSR count). The first-order chi connectivity index (χ1) is 5.86. The third kappa shape index (κ3) is 2.83. The quantitative estimate of drug-likeness (QED) is 0.696. The van der Waals surface area contributed by atoms with Crippen LogP contribution in [0.2, 0.25) is 0 Å². The van der Waals surface area contributed by atoms with Gasteiger partial charge in [-0.3, -0.25) is 0 Å². The van der Waals surface area contributed by atoms with Crippen molar-refractivity contribution in [1.82, 2.24) is 5.32 Å². The van der Waals surface area contributed by atoms with Gasteiger partial charge in [-0.1, -0.05) is 0 Å². The Hall–Kier alpha value is -0.550. The van der Waals surface area contributed by atoms with Gasteiger partial charge in [-0.25, -0.2) is 0 Å². The van der Waals surface area contributed by atoms with Gasteiger partial charge in [0.15, 0.2) is 0 Å². The van der Waals surface area contributed by atoms with Crippen molar-refractivity contribution in [3.63, 3.8) is 0 Å². The highest BCUT2D eigenvalue weighted by Gasteiger charge is 2.18. The lowest BCUT2D eigenvalue weighted by atomic mass is 9.83. The maximum absolute atomic E-state index is 8.43. The minimum absolute atomic E-state index is 0.739. The smallest absolute Gasteiger partial charge is 0.0621 e. The molecule has 1 saturated carbocycles. The Labute approximate surface area is 75.0 Å². The maximum atomic E-state index is 8.43. The molecule has 0 amide bonds. The molecule has 0 unspecified atom stereocenters. The number of nitriles is 1. The second-order valence-electron chi connectivity index (χ2n) is 3.70. The van der Waals surface area contributed by atoms with E-state index in [0.29, 0.717) is 0 Å². The summed E-state index contributed by atoms with van der Waals surface area (Å²) in [6, 6.07) is 2.96. The Balaban J connectivity index is 2.14. The summed E-state index contributed by atoms with van der Waals surface area (Å²) in [6.45, 7) is 0. The van der Waals surface area contributed by atoms with Crippen LogP contribution in [-0.4, -0.2) is 13.1 Å². The van der Waals surface area contributed by atoms with Crippen LogP contribution in [0, 0.1) is 17.2 Å². The van der Waals surface area contributed by atoms with Crippen LogP contribution >= 0.6 is 0 Å².